The standard InChI is InChI=1S/C14H22N2O2S/c1-15-14(12-6-7-12)10-11-4-8-13(9-5-11)19(17,18)16(2)3/h4-5,8-9,12,14-15H,6-7,10H2,1-3H3. The van der Waals surface area contributed by atoms with Crippen molar-refractivity contribution in [3.05, 3.63) is 29.8 Å². The molecule has 0 bridgehead atoms. The summed E-state index contributed by atoms with van der Waals surface area (Å²) in [4.78, 5) is 0.355. The van der Waals surface area contributed by atoms with Gasteiger partial charge < -0.3 is 5.32 Å². The minimum Gasteiger partial charge on any atom is -0.316 e. The SMILES string of the molecule is CNC(Cc1ccc(S(=O)(=O)N(C)C)cc1)C1CC1. The van der Waals surface area contributed by atoms with Crippen molar-refractivity contribution in [1.82, 2.24) is 9.62 Å². The number of rotatable bonds is 6. The second-order valence-corrected chi connectivity index (χ2v) is 7.52. The van der Waals surface area contributed by atoms with Crippen molar-refractivity contribution in [1.29, 1.82) is 0 Å². The van der Waals surface area contributed by atoms with Crippen LogP contribution in [0.25, 0.3) is 0 Å². The Balaban J connectivity index is 2.10. The molecule has 1 aromatic rings. The van der Waals surface area contributed by atoms with Crippen LogP contribution in [-0.2, 0) is 16.4 Å². The Morgan fingerprint density at radius 2 is 1.84 bits per heavy atom. The Morgan fingerprint density at radius 3 is 2.26 bits per heavy atom. The van der Waals surface area contributed by atoms with Crippen molar-refractivity contribution in [3.8, 4) is 0 Å². The van der Waals surface area contributed by atoms with Gasteiger partial charge in [-0.2, -0.15) is 0 Å². The minimum atomic E-state index is -3.31. The molecule has 2 rings (SSSR count). The summed E-state index contributed by atoms with van der Waals surface area (Å²) in [5.41, 5.74) is 1.18. The van der Waals surface area contributed by atoms with Gasteiger partial charge in [0.25, 0.3) is 0 Å². The maximum absolute atomic E-state index is 12.0. The molecule has 106 valence electrons. The van der Waals surface area contributed by atoms with Crippen molar-refractivity contribution < 1.29 is 8.42 Å². The smallest absolute Gasteiger partial charge is 0.242 e. The molecule has 19 heavy (non-hydrogen) atoms. The summed E-state index contributed by atoms with van der Waals surface area (Å²) in [5, 5.41) is 3.35. The third kappa shape index (κ3) is 3.35. The van der Waals surface area contributed by atoms with Crippen LogP contribution < -0.4 is 5.32 Å². The molecule has 1 fully saturated rings. The first-order valence-corrected chi connectivity index (χ1v) is 8.08. The molecule has 0 spiro atoms. The van der Waals surface area contributed by atoms with Gasteiger partial charge in [-0.05, 0) is 49.9 Å². The molecule has 1 N–H and O–H groups in total. The van der Waals surface area contributed by atoms with Gasteiger partial charge in [0.15, 0.2) is 0 Å². The predicted molar refractivity (Wildman–Crippen MR) is 76.6 cm³/mol. The number of sulfonamides is 1. The Morgan fingerprint density at radius 1 is 1.26 bits per heavy atom. The van der Waals surface area contributed by atoms with E-state index in [1.165, 1.54) is 22.7 Å². The van der Waals surface area contributed by atoms with E-state index >= 15 is 0 Å². The van der Waals surface area contributed by atoms with E-state index in [0.29, 0.717) is 10.9 Å². The number of hydrogen-bond acceptors (Lipinski definition) is 3. The third-order valence-electron chi connectivity index (χ3n) is 3.72. The fourth-order valence-electron chi connectivity index (χ4n) is 2.27. The first kappa shape index (κ1) is 14.5. The van der Waals surface area contributed by atoms with Crippen LogP contribution in [0.4, 0.5) is 0 Å². The average Bonchev–Trinajstić information content (AvgIpc) is 3.20. The molecule has 4 nitrogen and oxygen atoms in total. The summed E-state index contributed by atoms with van der Waals surface area (Å²) in [6.45, 7) is 0. The summed E-state index contributed by atoms with van der Waals surface area (Å²) >= 11 is 0. The summed E-state index contributed by atoms with van der Waals surface area (Å²) < 4.78 is 25.1. The van der Waals surface area contributed by atoms with Crippen LogP contribution in [-0.4, -0.2) is 39.9 Å². The topological polar surface area (TPSA) is 49.4 Å². The fourth-order valence-corrected chi connectivity index (χ4v) is 3.17. The lowest BCUT2D eigenvalue weighted by molar-refractivity contribution is 0.500. The summed E-state index contributed by atoms with van der Waals surface area (Å²) in [5.74, 6) is 0.787. The predicted octanol–water partition coefficient (Wildman–Crippen LogP) is 1.48. The van der Waals surface area contributed by atoms with Gasteiger partial charge in [0.2, 0.25) is 10.0 Å². The maximum Gasteiger partial charge on any atom is 0.242 e. The molecular weight excluding hydrogens is 260 g/mol. The number of likely N-dealkylation sites (N-methyl/N-ethyl adjacent to an activating group) is 1. The molecule has 0 aromatic heterocycles. The van der Waals surface area contributed by atoms with Crippen LogP contribution in [0, 0.1) is 5.92 Å². The number of benzene rings is 1. The van der Waals surface area contributed by atoms with Crippen LogP contribution in [0.5, 0.6) is 0 Å². The van der Waals surface area contributed by atoms with Crippen LogP contribution in [0.3, 0.4) is 0 Å². The normalized spacial score (nSPS) is 17.7. The van der Waals surface area contributed by atoms with Crippen molar-refractivity contribution >= 4 is 10.0 Å². The summed E-state index contributed by atoms with van der Waals surface area (Å²) in [6.07, 6.45) is 3.57. The largest absolute Gasteiger partial charge is 0.316 e. The van der Waals surface area contributed by atoms with Gasteiger partial charge in [-0.3, -0.25) is 0 Å². The highest BCUT2D eigenvalue weighted by Gasteiger charge is 2.30. The highest BCUT2D eigenvalue weighted by molar-refractivity contribution is 7.89. The lowest BCUT2D eigenvalue weighted by Gasteiger charge is -2.16. The number of nitrogens with zero attached hydrogens (tertiary/aromatic N) is 1. The van der Waals surface area contributed by atoms with E-state index in [0.717, 1.165) is 12.3 Å². The fraction of sp³-hybridized carbons (Fsp3) is 0.571. The van der Waals surface area contributed by atoms with Crippen LogP contribution in [0.1, 0.15) is 18.4 Å². The molecule has 1 aliphatic carbocycles. The zero-order valence-corrected chi connectivity index (χ0v) is 12.6. The molecule has 1 unspecified atom stereocenters. The lowest BCUT2D eigenvalue weighted by atomic mass is 10.0. The Bertz CT molecular complexity index is 519. The molecule has 5 heteroatoms. The van der Waals surface area contributed by atoms with Gasteiger partial charge in [-0.15, -0.1) is 0 Å². The molecule has 1 aliphatic rings. The Labute approximate surface area is 115 Å². The first-order valence-electron chi connectivity index (χ1n) is 6.64. The quantitative estimate of drug-likeness (QED) is 0.860. The highest BCUT2D eigenvalue weighted by atomic mass is 32.2. The Hall–Kier alpha value is -0.910. The molecule has 1 saturated carbocycles. The van der Waals surface area contributed by atoms with E-state index in [-0.39, 0.29) is 0 Å². The van der Waals surface area contributed by atoms with E-state index in [1.54, 1.807) is 26.2 Å². The molecule has 0 amide bonds. The van der Waals surface area contributed by atoms with Crippen molar-refractivity contribution in [2.75, 3.05) is 21.1 Å². The zero-order valence-electron chi connectivity index (χ0n) is 11.8. The Kier molecular flexibility index (Phi) is 4.28. The maximum atomic E-state index is 12.0. The summed E-state index contributed by atoms with van der Waals surface area (Å²) in [6, 6.07) is 7.75. The average molecular weight is 282 g/mol. The van der Waals surface area contributed by atoms with Crippen molar-refractivity contribution in [2.24, 2.45) is 5.92 Å². The second kappa shape index (κ2) is 5.61. The number of nitrogens with one attached hydrogen (secondary N) is 1. The van der Waals surface area contributed by atoms with E-state index in [9.17, 15) is 8.42 Å². The molecule has 0 heterocycles. The molecule has 0 saturated heterocycles. The first-order chi connectivity index (χ1) is 8.95. The van der Waals surface area contributed by atoms with Gasteiger partial charge in [-0.1, -0.05) is 12.1 Å². The van der Waals surface area contributed by atoms with Crippen LogP contribution >= 0.6 is 0 Å². The van der Waals surface area contributed by atoms with E-state index in [2.05, 4.69) is 5.32 Å². The molecule has 1 atom stereocenters. The van der Waals surface area contributed by atoms with Gasteiger partial charge in [0.05, 0.1) is 4.90 Å². The van der Waals surface area contributed by atoms with Crippen molar-refractivity contribution in [2.45, 2.75) is 30.2 Å². The monoisotopic (exact) mass is 282 g/mol. The van der Waals surface area contributed by atoms with Crippen LogP contribution in [0.15, 0.2) is 29.2 Å². The minimum absolute atomic E-state index is 0.355. The zero-order chi connectivity index (χ0) is 14.0. The second-order valence-electron chi connectivity index (χ2n) is 5.37. The van der Waals surface area contributed by atoms with E-state index in [4.69, 9.17) is 0 Å². The molecule has 1 aromatic carbocycles. The van der Waals surface area contributed by atoms with Gasteiger partial charge >= 0.3 is 0 Å². The van der Waals surface area contributed by atoms with Gasteiger partial charge in [-0.25, -0.2) is 12.7 Å². The van der Waals surface area contributed by atoms with Crippen molar-refractivity contribution in [3.63, 3.8) is 0 Å². The van der Waals surface area contributed by atoms with E-state index in [1.807, 2.05) is 19.2 Å². The van der Waals surface area contributed by atoms with Gasteiger partial charge in [0, 0.05) is 20.1 Å². The molecular formula is C14H22N2O2S. The highest BCUT2D eigenvalue weighted by Crippen LogP contribution is 2.34. The number of hydrogen-bond donors (Lipinski definition) is 1. The lowest BCUT2D eigenvalue weighted by Crippen LogP contribution is -2.29. The van der Waals surface area contributed by atoms with Gasteiger partial charge in [0.1, 0.15) is 0 Å². The summed E-state index contributed by atoms with van der Waals surface area (Å²) in [7, 11) is 1.78. The molecule has 0 radical (unpaired) electrons. The van der Waals surface area contributed by atoms with E-state index < -0.39 is 10.0 Å². The van der Waals surface area contributed by atoms with Crippen LogP contribution in [0.2, 0.25) is 0 Å². The molecule has 0 aliphatic heterocycles. The third-order valence-corrected chi connectivity index (χ3v) is 5.55.